The summed E-state index contributed by atoms with van der Waals surface area (Å²) in [6.07, 6.45) is 10.0. The number of rotatable bonds is 5. The highest BCUT2D eigenvalue weighted by atomic mass is 16.5. The summed E-state index contributed by atoms with van der Waals surface area (Å²) >= 11 is 0. The van der Waals surface area contributed by atoms with Gasteiger partial charge in [-0.2, -0.15) is 5.10 Å². The third-order valence-corrected chi connectivity index (χ3v) is 5.98. The summed E-state index contributed by atoms with van der Waals surface area (Å²) in [7, 11) is 3.69. The Hall–Kier alpha value is -3.07. The average Bonchev–Trinajstić information content (AvgIpc) is 3.42. The van der Waals surface area contributed by atoms with E-state index in [1.54, 1.807) is 25.7 Å². The second-order valence-electron chi connectivity index (χ2n) is 7.75. The van der Waals surface area contributed by atoms with Gasteiger partial charge in [0, 0.05) is 36.9 Å². The molecule has 0 radical (unpaired) electrons. The van der Waals surface area contributed by atoms with Gasteiger partial charge in [-0.1, -0.05) is 0 Å². The van der Waals surface area contributed by atoms with E-state index in [2.05, 4.69) is 47.6 Å². The van der Waals surface area contributed by atoms with Crippen molar-refractivity contribution in [2.75, 3.05) is 19.1 Å². The molecule has 9 heteroatoms. The molecule has 150 valence electrons. The van der Waals surface area contributed by atoms with E-state index in [4.69, 9.17) is 4.74 Å². The summed E-state index contributed by atoms with van der Waals surface area (Å²) in [5.74, 6) is 1.31. The minimum absolute atomic E-state index is 0.428. The number of nitrogens with one attached hydrogen (secondary N) is 2. The zero-order valence-corrected chi connectivity index (χ0v) is 16.5. The van der Waals surface area contributed by atoms with E-state index in [9.17, 15) is 0 Å². The number of nitrogens with zero attached hydrogens (tertiary/aromatic N) is 6. The Bertz CT molecular complexity index is 963. The number of methoxy groups -OCH3 is 1. The van der Waals surface area contributed by atoms with Gasteiger partial charge in [0.05, 0.1) is 19.5 Å². The zero-order chi connectivity index (χ0) is 19.8. The van der Waals surface area contributed by atoms with Gasteiger partial charge < -0.3 is 15.0 Å². The standard InChI is InChI=1S/C20H24N8O/c1-28(15-7-13-3-4-14(8-15)24-13)18-6-5-16(26-27-18)17-11-21-19(20(25-17)29-2)12-9-22-23-10-12/h5-6,9-11,13-15,24H,3-4,7-8H2,1-2H3,(H,22,23)/t13-,14+,15?. The molecule has 2 aliphatic heterocycles. The van der Waals surface area contributed by atoms with Crippen molar-refractivity contribution in [3.8, 4) is 28.5 Å². The number of piperidine rings is 1. The fourth-order valence-corrected chi connectivity index (χ4v) is 4.40. The summed E-state index contributed by atoms with van der Waals surface area (Å²) < 4.78 is 5.42. The maximum absolute atomic E-state index is 5.42. The fourth-order valence-electron chi connectivity index (χ4n) is 4.40. The van der Waals surface area contributed by atoms with Gasteiger partial charge in [-0.25, -0.2) is 9.97 Å². The number of anilines is 1. The first-order chi connectivity index (χ1) is 14.2. The molecule has 0 amide bonds. The first-order valence-corrected chi connectivity index (χ1v) is 9.94. The topological polar surface area (TPSA) is 105 Å². The molecular weight excluding hydrogens is 368 g/mol. The molecule has 0 aromatic carbocycles. The molecule has 2 fully saturated rings. The van der Waals surface area contributed by atoms with Crippen LogP contribution in [0.1, 0.15) is 25.7 Å². The van der Waals surface area contributed by atoms with E-state index in [0.717, 1.165) is 24.2 Å². The summed E-state index contributed by atoms with van der Waals surface area (Å²) in [4.78, 5) is 11.3. The minimum Gasteiger partial charge on any atom is -0.479 e. The third kappa shape index (κ3) is 3.42. The van der Waals surface area contributed by atoms with E-state index in [1.165, 1.54) is 12.8 Å². The Labute approximate surface area is 168 Å². The quantitative estimate of drug-likeness (QED) is 0.680. The largest absolute Gasteiger partial charge is 0.479 e. The molecule has 0 saturated carbocycles. The van der Waals surface area contributed by atoms with Crippen molar-refractivity contribution in [3.05, 3.63) is 30.7 Å². The second kappa shape index (κ2) is 7.40. The van der Waals surface area contributed by atoms with Crippen LogP contribution in [0.4, 0.5) is 5.82 Å². The lowest BCUT2D eigenvalue weighted by atomic mass is 9.98. The number of aromatic amines is 1. The highest BCUT2D eigenvalue weighted by Crippen LogP contribution is 2.31. The number of ether oxygens (including phenoxy) is 1. The molecule has 3 aromatic heterocycles. The normalized spacial score (nSPS) is 23.2. The van der Waals surface area contributed by atoms with Crippen LogP contribution in [0, 0.1) is 0 Å². The molecular formula is C20H24N8O. The number of hydrogen-bond acceptors (Lipinski definition) is 8. The average molecular weight is 392 g/mol. The van der Waals surface area contributed by atoms with Crippen LogP contribution in [0.5, 0.6) is 5.88 Å². The maximum Gasteiger partial charge on any atom is 0.241 e. The molecule has 1 unspecified atom stereocenters. The van der Waals surface area contributed by atoms with Crippen molar-refractivity contribution >= 4 is 5.82 Å². The monoisotopic (exact) mass is 392 g/mol. The molecule has 9 nitrogen and oxygen atoms in total. The van der Waals surface area contributed by atoms with Crippen molar-refractivity contribution in [1.29, 1.82) is 0 Å². The van der Waals surface area contributed by atoms with Gasteiger partial charge in [0.15, 0.2) is 5.82 Å². The van der Waals surface area contributed by atoms with Gasteiger partial charge in [-0.05, 0) is 37.8 Å². The fraction of sp³-hybridized carbons (Fsp3) is 0.450. The van der Waals surface area contributed by atoms with Crippen LogP contribution >= 0.6 is 0 Å². The van der Waals surface area contributed by atoms with Gasteiger partial charge >= 0.3 is 0 Å². The zero-order valence-electron chi connectivity index (χ0n) is 16.5. The molecule has 5 heterocycles. The van der Waals surface area contributed by atoms with Crippen LogP contribution < -0.4 is 15.0 Å². The molecule has 5 rings (SSSR count). The van der Waals surface area contributed by atoms with Gasteiger partial charge in [-0.15, -0.1) is 10.2 Å². The maximum atomic E-state index is 5.42. The molecule has 29 heavy (non-hydrogen) atoms. The van der Waals surface area contributed by atoms with E-state index >= 15 is 0 Å². The molecule has 3 atom stereocenters. The summed E-state index contributed by atoms with van der Waals surface area (Å²) in [5, 5.41) is 19.3. The summed E-state index contributed by atoms with van der Waals surface area (Å²) in [5.41, 5.74) is 2.74. The van der Waals surface area contributed by atoms with E-state index in [0.29, 0.717) is 41.1 Å². The predicted molar refractivity (Wildman–Crippen MR) is 109 cm³/mol. The van der Waals surface area contributed by atoms with Crippen LogP contribution in [0.15, 0.2) is 30.7 Å². The Morgan fingerprint density at radius 2 is 1.90 bits per heavy atom. The van der Waals surface area contributed by atoms with Gasteiger partial charge in [0.25, 0.3) is 0 Å². The summed E-state index contributed by atoms with van der Waals surface area (Å²) in [6, 6.07) is 5.73. The SMILES string of the molecule is COc1nc(-c2ccc(N(C)C3C[C@H]4CC[C@@H](C3)N4)nn2)cnc1-c1cn[nH]c1. The second-order valence-corrected chi connectivity index (χ2v) is 7.75. The van der Waals surface area contributed by atoms with E-state index in [-0.39, 0.29) is 0 Å². The minimum atomic E-state index is 0.428. The van der Waals surface area contributed by atoms with Crippen molar-refractivity contribution in [1.82, 2.24) is 35.7 Å². The Morgan fingerprint density at radius 3 is 2.55 bits per heavy atom. The van der Waals surface area contributed by atoms with Gasteiger partial charge in [-0.3, -0.25) is 5.10 Å². The molecule has 2 bridgehead atoms. The van der Waals surface area contributed by atoms with Gasteiger partial charge in [0.2, 0.25) is 5.88 Å². The smallest absolute Gasteiger partial charge is 0.241 e. The van der Waals surface area contributed by atoms with Crippen molar-refractivity contribution in [2.24, 2.45) is 0 Å². The Kier molecular flexibility index (Phi) is 4.59. The molecule has 0 spiro atoms. The van der Waals surface area contributed by atoms with Crippen LogP contribution in [-0.4, -0.2) is 62.6 Å². The molecule has 2 aliphatic rings. The molecule has 2 saturated heterocycles. The Balaban J connectivity index is 1.36. The van der Waals surface area contributed by atoms with Gasteiger partial charge in [0.1, 0.15) is 17.1 Å². The van der Waals surface area contributed by atoms with Crippen molar-refractivity contribution in [3.63, 3.8) is 0 Å². The lowest BCUT2D eigenvalue weighted by molar-refractivity contribution is 0.353. The Morgan fingerprint density at radius 1 is 1.07 bits per heavy atom. The number of aromatic nitrogens is 6. The third-order valence-electron chi connectivity index (χ3n) is 5.98. The lowest BCUT2D eigenvalue weighted by Gasteiger charge is -2.36. The number of fused-ring (bicyclic) bond motifs is 2. The van der Waals surface area contributed by atoms with Crippen molar-refractivity contribution < 1.29 is 4.74 Å². The predicted octanol–water partition coefficient (Wildman–Crippen LogP) is 2.05. The first kappa shape index (κ1) is 18.0. The highest BCUT2D eigenvalue weighted by molar-refractivity contribution is 5.65. The molecule has 3 aromatic rings. The van der Waals surface area contributed by atoms with Crippen LogP contribution in [-0.2, 0) is 0 Å². The van der Waals surface area contributed by atoms with Crippen LogP contribution in [0.25, 0.3) is 22.6 Å². The molecule has 0 aliphatic carbocycles. The lowest BCUT2D eigenvalue weighted by Crippen LogP contribution is -2.47. The van der Waals surface area contributed by atoms with Crippen LogP contribution in [0.2, 0.25) is 0 Å². The molecule has 2 N–H and O–H groups in total. The van der Waals surface area contributed by atoms with E-state index in [1.807, 2.05) is 12.1 Å². The highest BCUT2D eigenvalue weighted by Gasteiger charge is 2.35. The number of H-pyrrole nitrogens is 1. The van der Waals surface area contributed by atoms with Crippen LogP contribution in [0.3, 0.4) is 0 Å². The number of hydrogen-bond donors (Lipinski definition) is 2. The van der Waals surface area contributed by atoms with E-state index < -0.39 is 0 Å². The summed E-state index contributed by atoms with van der Waals surface area (Å²) in [6.45, 7) is 0. The van der Waals surface area contributed by atoms with Crippen molar-refractivity contribution in [2.45, 2.75) is 43.8 Å². The first-order valence-electron chi connectivity index (χ1n) is 9.94.